The molecule has 1 aliphatic rings. The highest BCUT2D eigenvalue weighted by Gasteiger charge is 2.59. The van der Waals surface area contributed by atoms with Crippen LogP contribution in [0.5, 0.6) is 0 Å². The number of hydrogen-bond acceptors (Lipinski definition) is 6. The third-order valence-corrected chi connectivity index (χ3v) is 4.67. The molecule has 6 heteroatoms. The maximum Gasteiger partial charge on any atom is 0.323 e. The molecule has 1 aliphatic carbocycles. The van der Waals surface area contributed by atoms with Crippen molar-refractivity contribution in [3.05, 3.63) is 0 Å². The molecule has 1 saturated carbocycles. The predicted molar refractivity (Wildman–Crippen MR) is 78.8 cm³/mol. The molecule has 0 aliphatic heterocycles. The fraction of sp³-hybridized carbons (Fsp3) is 0.812. The molecular weight excluding hydrogens is 288 g/mol. The molecule has 126 valence electrons. The molecule has 22 heavy (non-hydrogen) atoms. The van der Waals surface area contributed by atoms with Gasteiger partial charge < -0.3 is 14.2 Å². The van der Waals surface area contributed by atoms with Crippen LogP contribution in [0.3, 0.4) is 0 Å². The Kier molecular flexibility index (Phi) is 5.59. The van der Waals surface area contributed by atoms with E-state index in [1.807, 2.05) is 20.8 Å². The van der Waals surface area contributed by atoms with Crippen LogP contribution in [0.2, 0.25) is 0 Å². The lowest BCUT2D eigenvalue weighted by atomic mass is 9.73. The third kappa shape index (κ3) is 3.42. The first-order valence-corrected chi connectivity index (χ1v) is 7.36. The average molecular weight is 314 g/mol. The van der Waals surface area contributed by atoms with Crippen molar-refractivity contribution >= 4 is 17.9 Å². The lowest BCUT2D eigenvalue weighted by Crippen LogP contribution is -2.39. The lowest BCUT2D eigenvalue weighted by molar-refractivity contribution is -0.169. The van der Waals surface area contributed by atoms with Crippen molar-refractivity contribution in [3.63, 3.8) is 0 Å². The summed E-state index contributed by atoms with van der Waals surface area (Å²) in [6.45, 7) is 6.10. The molecule has 0 spiro atoms. The minimum atomic E-state index is -1.33. The topological polar surface area (TPSA) is 78.9 Å². The van der Waals surface area contributed by atoms with Crippen LogP contribution < -0.4 is 0 Å². The van der Waals surface area contributed by atoms with Crippen molar-refractivity contribution in [2.45, 2.75) is 40.0 Å². The first-order valence-electron chi connectivity index (χ1n) is 7.36. The van der Waals surface area contributed by atoms with Gasteiger partial charge in [0.1, 0.15) is 0 Å². The molecule has 2 unspecified atom stereocenters. The molecule has 6 nitrogen and oxygen atoms in total. The Hall–Kier alpha value is -1.59. The molecule has 2 atom stereocenters. The van der Waals surface area contributed by atoms with Gasteiger partial charge in [-0.3, -0.25) is 14.4 Å². The van der Waals surface area contributed by atoms with Crippen LogP contribution in [0.4, 0.5) is 0 Å². The summed E-state index contributed by atoms with van der Waals surface area (Å²) in [7, 11) is 3.84. The van der Waals surface area contributed by atoms with Gasteiger partial charge in [-0.2, -0.15) is 0 Å². The van der Waals surface area contributed by atoms with Crippen molar-refractivity contribution in [3.8, 4) is 0 Å². The number of ether oxygens (including phenoxy) is 3. The quantitative estimate of drug-likeness (QED) is 0.448. The van der Waals surface area contributed by atoms with Crippen molar-refractivity contribution in [1.82, 2.24) is 0 Å². The van der Waals surface area contributed by atoms with Crippen molar-refractivity contribution in [1.29, 1.82) is 0 Å². The zero-order chi connectivity index (χ0) is 17.1. The first-order chi connectivity index (χ1) is 10.1. The number of carbonyl (C=O) groups is 3. The fourth-order valence-corrected chi connectivity index (χ4v) is 3.55. The normalized spacial score (nSPS) is 23.7. The maximum atomic E-state index is 12.3. The summed E-state index contributed by atoms with van der Waals surface area (Å²) >= 11 is 0. The molecule has 0 aromatic carbocycles. The molecule has 0 radical (unpaired) electrons. The van der Waals surface area contributed by atoms with Crippen molar-refractivity contribution in [2.24, 2.45) is 22.7 Å². The number of rotatable bonds is 4. The second-order valence-electron chi connectivity index (χ2n) is 6.99. The molecule has 0 amide bonds. The Balaban J connectivity index is 3.20. The smallest absolute Gasteiger partial charge is 0.323 e. The van der Waals surface area contributed by atoms with Gasteiger partial charge in [-0.1, -0.05) is 20.8 Å². The summed E-state index contributed by atoms with van der Waals surface area (Å²) in [6.07, 6.45) is 0.731. The number of esters is 3. The van der Waals surface area contributed by atoms with E-state index in [2.05, 4.69) is 0 Å². The zero-order valence-electron chi connectivity index (χ0n) is 14.2. The van der Waals surface area contributed by atoms with E-state index < -0.39 is 17.4 Å². The third-order valence-electron chi connectivity index (χ3n) is 4.67. The van der Waals surface area contributed by atoms with Gasteiger partial charge in [-0.25, -0.2) is 0 Å². The second kappa shape index (κ2) is 6.67. The molecular formula is C16H26O6. The molecule has 0 heterocycles. The average Bonchev–Trinajstić information content (AvgIpc) is 2.86. The summed E-state index contributed by atoms with van der Waals surface area (Å²) in [5.74, 6) is -1.66. The van der Waals surface area contributed by atoms with E-state index in [4.69, 9.17) is 14.2 Å². The van der Waals surface area contributed by atoms with Crippen LogP contribution in [-0.4, -0.2) is 39.2 Å². The van der Waals surface area contributed by atoms with Gasteiger partial charge >= 0.3 is 17.9 Å². The fourth-order valence-electron chi connectivity index (χ4n) is 3.55. The molecule has 0 bridgehead atoms. The van der Waals surface area contributed by atoms with Crippen LogP contribution in [0, 0.1) is 22.7 Å². The Morgan fingerprint density at radius 3 is 1.82 bits per heavy atom. The molecule has 0 aromatic rings. The standard InChI is InChI=1S/C16H26O6/c1-15(2,3)11-9-16(13(18)21-5,14(19)22-6)8-10(11)7-12(17)20-4/h10-11H,7-9H2,1-6H3. The van der Waals surface area contributed by atoms with E-state index >= 15 is 0 Å². The van der Waals surface area contributed by atoms with Gasteiger partial charge in [0.05, 0.1) is 21.3 Å². The van der Waals surface area contributed by atoms with Crippen LogP contribution >= 0.6 is 0 Å². The summed E-state index contributed by atoms with van der Waals surface area (Å²) < 4.78 is 14.4. The van der Waals surface area contributed by atoms with Gasteiger partial charge in [-0.15, -0.1) is 0 Å². The number of methoxy groups -OCH3 is 3. The zero-order valence-corrected chi connectivity index (χ0v) is 14.2. The molecule has 1 fully saturated rings. The van der Waals surface area contributed by atoms with E-state index in [-0.39, 0.29) is 36.1 Å². The highest BCUT2D eigenvalue weighted by atomic mass is 16.5. The van der Waals surface area contributed by atoms with Gasteiger partial charge in [0, 0.05) is 6.42 Å². The Morgan fingerprint density at radius 1 is 0.955 bits per heavy atom. The lowest BCUT2D eigenvalue weighted by Gasteiger charge is -2.32. The molecule has 0 aromatic heterocycles. The maximum absolute atomic E-state index is 12.3. The molecule has 0 saturated heterocycles. The molecule has 1 rings (SSSR count). The Bertz CT molecular complexity index is 432. The van der Waals surface area contributed by atoms with E-state index in [0.29, 0.717) is 6.42 Å². The summed E-state index contributed by atoms with van der Waals surface area (Å²) in [5, 5.41) is 0. The second-order valence-corrected chi connectivity index (χ2v) is 6.99. The largest absolute Gasteiger partial charge is 0.469 e. The highest BCUT2D eigenvalue weighted by molar-refractivity contribution is 6.00. The van der Waals surface area contributed by atoms with Crippen LogP contribution in [0.15, 0.2) is 0 Å². The van der Waals surface area contributed by atoms with Crippen LogP contribution in [0.25, 0.3) is 0 Å². The van der Waals surface area contributed by atoms with Gasteiger partial charge in [0.15, 0.2) is 5.41 Å². The van der Waals surface area contributed by atoms with Gasteiger partial charge in [-0.05, 0) is 30.1 Å². The Labute approximate surface area is 131 Å². The number of carbonyl (C=O) groups excluding carboxylic acids is 3. The summed E-state index contributed by atoms with van der Waals surface area (Å²) in [6, 6.07) is 0. The summed E-state index contributed by atoms with van der Waals surface area (Å²) in [4.78, 5) is 36.2. The van der Waals surface area contributed by atoms with E-state index in [9.17, 15) is 14.4 Å². The van der Waals surface area contributed by atoms with E-state index in [1.54, 1.807) is 0 Å². The van der Waals surface area contributed by atoms with Crippen LogP contribution in [-0.2, 0) is 28.6 Å². The summed E-state index contributed by atoms with van der Waals surface area (Å²) in [5.41, 5.74) is -1.50. The van der Waals surface area contributed by atoms with E-state index in [1.165, 1.54) is 21.3 Å². The monoisotopic (exact) mass is 314 g/mol. The molecule has 0 N–H and O–H groups in total. The van der Waals surface area contributed by atoms with Gasteiger partial charge in [0.25, 0.3) is 0 Å². The minimum Gasteiger partial charge on any atom is -0.469 e. The first kappa shape index (κ1) is 18.5. The van der Waals surface area contributed by atoms with Crippen molar-refractivity contribution < 1.29 is 28.6 Å². The van der Waals surface area contributed by atoms with E-state index in [0.717, 1.165) is 0 Å². The highest BCUT2D eigenvalue weighted by Crippen LogP contribution is 2.54. The predicted octanol–water partition coefficient (Wildman–Crippen LogP) is 1.95. The van der Waals surface area contributed by atoms with Crippen molar-refractivity contribution in [2.75, 3.05) is 21.3 Å². The van der Waals surface area contributed by atoms with Gasteiger partial charge in [0.2, 0.25) is 0 Å². The Morgan fingerprint density at radius 2 is 1.45 bits per heavy atom. The number of hydrogen-bond donors (Lipinski definition) is 0. The van der Waals surface area contributed by atoms with Crippen LogP contribution in [0.1, 0.15) is 40.0 Å². The SMILES string of the molecule is COC(=O)CC1CC(C(=O)OC)(C(=O)OC)CC1C(C)(C)C. The minimum absolute atomic E-state index is 0.00444.